The Kier molecular flexibility index (Phi) is 8.00. The predicted molar refractivity (Wildman–Crippen MR) is 79.1 cm³/mol. The molecule has 2 heteroatoms. The van der Waals surface area contributed by atoms with Gasteiger partial charge in [0.25, 0.3) is 0 Å². The molecule has 0 saturated heterocycles. The molecule has 0 aromatic heterocycles. The van der Waals surface area contributed by atoms with Crippen LogP contribution >= 0.6 is 0 Å². The normalized spacial score (nSPS) is 23.9. The van der Waals surface area contributed by atoms with Crippen molar-refractivity contribution in [2.75, 3.05) is 0 Å². The molecule has 1 aliphatic carbocycles. The van der Waals surface area contributed by atoms with E-state index in [4.69, 9.17) is 0 Å². The maximum atomic E-state index is 12.1. The molecule has 0 aromatic rings. The minimum Gasteiger partial charge on any atom is -0.299 e. The monoisotopic (exact) mass is 266 g/mol. The van der Waals surface area contributed by atoms with Gasteiger partial charge in [0.2, 0.25) is 0 Å². The van der Waals surface area contributed by atoms with Crippen LogP contribution in [-0.2, 0) is 9.59 Å². The van der Waals surface area contributed by atoms with Crippen molar-refractivity contribution in [2.45, 2.75) is 84.5 Å². The molecule has 0 unspecified atom stereocenters. The van der Waals surface area contributed by atoms with E-state index in [2.05, 4.69) is 13.8 Å². The van der Waals surface area contributed by atoms with Gasteiger partial charge in [-0.05, 0) is 18.8 Å². The summed E-state index contributed by atoms with van der Waals surface area (Å²) in [5.74, 6) is 0.557. The molecule has 0 spiro atoms. The lowest BCUT2D eigenvalue weighted by atomic mass is 9.76. The molecule has 0 radical (unpaired) electrons. The third-order valence-corrected chi connectivity index (χ3v) is 4.32. The number of hydrogen-bond acceptors (Lipinski definition) is 2. The summed E-state index contributed by atoms with van der Waals surface area (Å²) in [6, 6.07) is 0. The Bertz CT molecular complexity index is 265. The molecule has 1 rings (SSSR count). The molecule has 0 amide bonds. The molecule has 0 heterocycles. The van der Waals surface area contributed by atoms with Gasteiger partial charge in [0.15, 0.2) is 0 Å². The van der Waals surface area contributed by atoms with E-state index in [1.807, 2.05) is 0 Å². The number of hydrogen-bond donors (Lipinski definition) is 0. The third kappa shape index (κ3) is 5.88. The number of carbonyl (C=O) groups is 2. The fraction of sp³-hybridized carbons (Fsp3) is 0.882. The molecule has 0 aliphatic heterocycles. The number of rotatable bonds is 9. The second-order valence-electron chi connectivity index (χ2n) is 6.10. The van der Waals surface area contributed by atoms with Crippen LogP contribution < -0.4 is 0 Å². The first-order chi connectivity index (χ1) is 9.19. The zero-order valence-corrected chi connectivity index (χ0v) is 12.7. The van der Waals surface area contributed by atoms with E-state index in [1.165, 1.54) is 32.1 Å². The van der Waals surface area contributed by atoms with E-state index in [0.717, 1.165) is 25.7 Å². The van der Waals surface area contributed by atoms with Crippen LogP contribution in [0.2, 0.25) is 0 Å². The Hall–Kier alpha value is -0.660. The minimum absolute atomic E-state index is 0.231. The van der Waals surface area contributed by atoms with Crippen LogP contribution in [0, 0.1) is 11.8 Å². The lowest BCUT2D eigenvalue weighted by Crippen LogP contribution is -2.33. The Labute approximate surface area is 118 Å². The van der Waals surface area contributed by atoms with Crippen molar-refractivity contribution in [3.8, 4) is 0 Å². The zero-order chi connectivity index (χ0) is 14.1. The molecule has 110 valence electrons. The molecule has 1 saturated carbocycles. The van der Waals surface area contributed by atoms with Crippen LogP contribution in [0.3, 0.4) is 0 Å². The van der Waals surface area contributed by atoms with Gasteiger partial charge in [-0.2, -0.15) is 0 Å². The van der Waals surface area contributed by atoms with Gasteiger partial charge in [0.05, 0.1) is 5.92 Å². The molecule has 0 aromatic carbocycles. The summed E-state index contributed by atoms with van der Waals surface area (Å²) in [5.41, 5.74) is 0. The lowest BCUT2D eigenvalue weighted by molar-refractivity contribution is -0.137. The van der Waals surface area contributed by atoms with Gasteiger partial charge in [0.1, 0.15) is 11.6 Å². The van der Waals surface area contributed by atoms with Crippen molar-refractivity contribution in [1.82, 2.24) is 0 Å². The van der Waals surface area contributed by atoms with Crippen molar-refractivity contribution >= 4 is 11.6 Å². The maximum absolute atomic E-state index is 12.1. The van der Waals surface area contributed by atoms with Gasteiger partial charge in [0, 0.05) is 12.8 Å². The van der Waals surface area contributed by atoms with Gasteiger partial charge >= 0.3 is 0 Å². The van der Waals surface area contributed by atoms with E-state index >= 15 is 0 Å². The van der Waals surface area contributed by atoms with Crippen molar-refractivity contribution in [1.29, 1.82) is 0 Å². The van der Waals surface area contributed by atoms with Crippen molar-refractivity contribution in [2.24, 2.45) is 11.8 Å². The first-order valence-corrected chi connectivity index (χ1v) is 8.24. The summed E-state index contributed by atoms with van der Waals surface area (Å²) in [4.78, 5) is 24.2. The minimum atomic E-state index is -0.251. The van der Waals surface area contributed by atoms with Crippen LogP contribution in [-0.4, -0.2) is 11.6 Å². The zero-order valence-electron chi connectivity index (χ0n) is 12.7. The van der Waals surface area contributed by atoms with Crippen molar-refractivity contribution in [3.63, 3.8) is 0 Å². The Balaban J connectivity index is 2.31. The fourth-order valence-electron chi connectivity index (χ4n) is 3.09. The average molecular weight is 266 g/mol. The van der Waals surface area contributed by atoms with Gasteiger partial charge in [-0.15, -0.1) is 0 Å². The third-order valence-electron chi connectivity index (χ3n) is 4.32. The molecule has 2 nitrogen and oxygen atoms in total. The summed E-state index contributed by atoms with van der Waals surface area (Å²) < 4.78 is 0. The smallest absolute Gasteiger partial charge is 0.143 e. The standard InChI is InChI=1S/C17H30O2/c1-3-5-7-9-11-15-16(18)12-14(13-17(15)19)10-8-6-4-2/h14-15H,3-13H2,1-2H3. The highest BCUT2D eigenvalue weighted by Crippen LogP contribution is 2.30. The summed E-state index contributed by atoms with van der Waals surface area (Å²) in [6.07, 6.45) is 11.4. The van der Waals surface area contributed by atoms with Crippen LogP contribution in [0.4, 0.5) is 0 Å². The van der Waals surface area contributed by atoms with E-state index in [0.29, 0.717) is 18.8 Å². The lowest BCUT2D eigenvalue weighted by Gasteiger charge is -2.26. The first kappa shape index (κ1) is 16.4. The molecule has 19 heavy (non-hydrogen) atoms. The summed E-state index contributed by atoms with van der Waals surface area (Å²) in [7, 11) is 0. The van der Waals surface area contributed by atoms with E-state index in [1.54, 1.807) is 0 Å². The van der Waals surface area contributed by atoms with Crippen LogP contribution in [0.5, 0.6) is 0 Å². The highest BCUT2D eigenvalue weighted by Gasteiger charge is 2.34. The number of unbranched alkanes of at least 4 members (excludes halogenated alkanes) is 5. The highest BCUT2D eigenvalue weighted by atomic mass is 16.2. The average Bonchev–Trinajstić information content (AvgIpc) is 2.37. The molecule has 1 fully saturated rings. The predicted octanol–water partition coefficient (Wildman–Crippen LogP) is 4.70. The van der Waals surface area contributed by atoms with E-state index in [9.17, 15) is 9.59 Å². The second kappa shape index (κ2) is 9.28. The molecule has 0 bridgehead atoms. The van der Waals surface area contributed by atoms with Gasteiger partial charge < -0.3 is 0 Å². The Morgan fingerprint density at radius 1 is 0.789 bits per heavy atom. The fourth-order valence-corrected chi connectivity index (χ4v) is 3.09. The summed E-state index contributed by atoms with van der Waals surface area (Å²) in [5, 5.41) is 0. The topological polar surface area (TPSA) is 34.1 Å². The molecule has 0 N–H and O–H groups in total. The second-order valence-corrected chi connectivity index (χ2v) is 6.10. The van der Waals surface area contributed by atoms with Crippen molar-refractivity contribution < 1.29 is 9.59 Å². The molecule has 0 atom stereocenters. The Morgan fingerprint density at radius 2 is 1.32 bits per heavy atom. The van der Waals surface area contributed by atoms with Gasteiger partial charge in [-0.3, -0.25) is 9.59 Å². The molecular formula is C17H30O2. The number of Topliss-reactive ketones (excluding diaryl/α,β-unsaturated/α-hetero) is 2. The number of carbonyl (C=O) groups excluding carboxylic acids is 2. The van der Waals surface area contributed by atoms with Gasteiger partial charge in [-0.25, -0.2) is 0 Å². The van der Waals surface area contributed by atoms with Crippen LogP contribution in [0.1, 0.15) is 84.5 Å². The van der Waals surface area contributed by atoms with E-state index in [-0.39, 0.29) is 17.5 Å². The maximum Gasteiger partial charge on any atom is 0.143 e. The summed E-state index contributed by atoms with van der Waals surface area (Å²) in [6.45, 7) is 4.36. The molecular weight excluding hydrogens is 236 g/mol. The van der Waals surface area contributed by atoms with Gasteiger partial charge in [-0.1, -0.05) is 58.8 Å². The molecule has 1 aliphatic rings. The largest absolute Gasteiger partial charge is 0.299 e. The van der Waals surface area contributed by atoms with Crippen molar-refractivity contribution in [3.05, 3.63) is 0 Å². The van der Waals surface area contributed by atoms with Crippen LogP contribution in [0.15, 0.2) is 0 Å². The highest BCUT2D eigenvalue weighted by molar-refractivity contribution is 6.04. The SMILES string of the molecule is CCCCCCC1C(=O)CC(CCCCC)CC1=O. The first-order valence-electron chi connectivity index (χ1n) is 8.24. The van der Waals surface area contributed by atoms with Crippen LogP contribution in [0.25, 0.3) is 0 Å². The number of ketones is 2. The Morgan fingerprint density at radius 3 is 1.89 bits per heavy atom. The quantitative estimate of drug-likeness (QED) is 0.447. The summed E-state index contributed by atoms with van der Waals surface area (Å²) >= 11 is 0. The van der Waals surface area contributed by atoms with E-state index < -0.39 is 0 Å².